The molecule has 0 bridgehead atoms. The van der Waals surface area contributed by atoms with E-state index in [1.54, 1.807) is 36.4 Å². The zero-order valence-corrected chi connectivity index (χ0v) is 20.8. The van der Waals surface area contributed by atoms with Crippen LogP contribution in [0.2, 0.25) is 0 Å². The molecule has 2 heterocycles. The Bertz CT molecular complexity index is 1390. The number of aryl methyl sites for hydroxylation is 1. The second-order valence-electron chi connectivity index (χ2n) is 7.72. The molecule has 4 rings (SSSR count). The molecule has 0 spiro atoms. The molecule has 3 amide bonds. The fourth-order valence-electron chi connectivity index (χ4n) is 3.24. The summed E-state index contributed by atoms with van der Waals surface area (Å²) in [4.78, 5) is 41.0. The van der Waals surface area contributed by atoms with Crippen molar-refractivity contribution in [3.8, 4) is 11.5 Å². The molecule has 2 aromatic carbocycles. The van der Waals surface area contributed by atoms with Crippen LogP contribution in [0.4, 0.5) is 5.69 Å². The summed E-state index contributed by atoms with van der Waals surface area (Å²) in [6, 6.07) is 15.7. The number of aromatic nitrogens is 1. The van der Waals surface area contributed by atoms with Gasteiger partial charge in [-0.25, -0.2) is 5.43 Å². The number of amides is 3. The van der Waals surface area contributed by atoms with E-state index in [1.165, 1.54) is 19.5 Å². The number of carbonyl (C=O) groups is 3. The lowest BCUT2D eigenvalue weighted by molar-refractivity contribution is -0.118. The number of anilines is 1. The minimum absolute atomic E-state index is 0.200. The highest BCUT2D eigenvalue weighted by molar-refractivity contribution is 8.18. The summed E-state index contributed by atoms with van der Waals surface area (Å²) >= 11 is 1.08. The van der Waals surface area contributed by atoms with Crippen LogP contribution < -0.4 is 25.5 Å². The summed E-state index contributed by atoms with van der Waals surface area (Å²) in [5.41, 5.74) is 5.14. The van der Waals surface area contributed by atoms with Gasteiger partial charge in [0.05, 0.1) is 12.0 Å². The van der Waals surface area contributed by atoms with Crippen LogP contribution in [0.5, 0.6) is 11.5 Å². The zero-order chi connectivity index (χ0) is 26.2. The second-order valence-corrected chi connectivity index (χ2v) is 8.75. The number of amidine groups is 1. The Kier molecular flexibility index (Phi) is 8.16. The van der Waals surface area contributed by atoms with E-state index in [9.17, 15) is 14.4 Å². The van der Waals surface area contributed by atoms with Gasteiger partial charge in [-0.3, -0.25) is 24.7 Å². The Morgan fingerprint density at radius 3 is 2.65 bits per heavy atom. The molecule has 1 aliphatic heterocycles. The summed E-state index contributed by atoms with van der Waals surface area (Å²) in [5.74, 6) is -0.289. The molecule has 0 unspecified atom stereocenters. The van der Waals surface area contributed by atoms with Crippen molar-refractivity contribution in [2.24, 2.45) is 5.10 Å². The van der Waals surface area contributed by atoms with Crippen molar-refractivity contribution in [1.29, 1.82) is 0 Å². The number of hydrogen-bond donors (Lipinski definition) is 3. The third-order valence-electron chi connectivity index (χ3n) is 5.12. The number of ether oxygens (including phenoxy) is 2. The number of pyridine rings is 1. The monoisotopic (exact) mass is 517 g/mol. The maximum absolute atomic E-state index is 12.4. The smallest absolute Gasteiger partial charge is 0.271 e. The Morgan fingerprint density at radius 1 is 1.11 bits per heavy atom. The Morgan fingerprint density at radius 2 is 1.89 bits per heavy atom. The van der Waals surface area contributed by atoms with Gasteiger partial charge in [-0.15, -0.1) is 5.10 Å². The molecule has 1 aromatic heterocycles. The molecule has 188 valence electrons. The highest BCUT2D eigenvalue weighted by atomic mass is 32.2. The van der Waals surface area contributed by atoms with Crippen molar-refractivity contribution < 1.29 is 23.9 Å². The van der Waals surface area contributed by atoms with Crippen LogP contribution in [-0.2, 0) is 9.59 Å². The first kappa shape index (κ1) is 25.5. The first-order valence-corrected chi connectivity index (χ1v) is 11.9. The largest absolute Gasteiger partial charge is 0.493 e. The molecule has 1 saturated heterocycles. The van der Waals surface area contributed by atoms with Crippen molar-refractivity contribution in [3.63, 3.8) is 0 Å². The van der Waals surface area contributed by atoms with Gasteiger partial charge in [-0.2, -0.15) is 0 Å². The third-order valence-corrected chi connectivity index (χ3v) is 6.03. The number of para-hydroxylation sites is 1. The number of methoxy groups -OCH3 is 1. The van der Waals surface area contributed by atoms with E-state index in [0.29, 0.717) is 27.5 Å². The van der Waals surface area contributed by atoms with E-state index in [1.807, 2.05) is 31.2 Å². The standard InChI is InChI=1S/C26H23N5O5S/c1-16-5-3-4-6-19(16)28-23(32)15-36-20-8-7-17(13-21(20)35-2)14-22-25(34)29-26(37-22)31-30-24(33)18-9-11-27-12-10-18/h3-14H,15H2,1-2H3,(H,28,32)(H,30,33)(H,29,31,34)/b22-14-. The average molecular weight is 518 g/mol. The van der Waals surface area contributed by atoms with Crippen molar-refractivity contribution in [3.05, 3.63) is 88.6 Å². The molecule has 3 aromatic rings. The van der Waals surface area contributed by atoms with Gasteiger partial charge in [0, 0.05) is 23.6 Å². The van der Waals surface area contributed by atoms with Crippen molar-refractivity contribution >= 4 is 46.4 Å². The van der Waals surface area contributed by atoms with Gasteiger partial charge in [0.1, 0.15) is 0 Å². The minimum Gasteiger partial charge on any atom is -0.493 e. The molecular weight excluding hydrogens is 494 g/mol. The van der Waals surface area contributed by atoms with E-state index in [2.05, 4.69) is 26.1 Å². The number of carbonyl (C=O) groups excluding carboxylic acids is 3. The fourth-order valence-corrected chi connectivity index (χ4v) is 4.02. The minimum atomic E-state index is -0.421. The molecule has 11 heteroatoms. The normalized spacial score (nSPS) is 14.8. The van der Waals surface area contributed by atoms with Crippen LogP contribution in [0, 0.1) is 6.92 Å². The topological polar surface area (TPSA) is 131 Å². The lowest BCUT2D eigenvalue weighted by atomic mass is 10.2. The molecule has 0 saturated carbocycles. The van der Waals surface area contributed by atoms with E-state index in [-0.39, 0.29) is 23.6 Å². The van der Waals surface area contributed by atoms with E-state index < -0.39 is 5.91 Å². The van der Waals surface area contributed by atoms with Crippen LogP contribution in [0.1, 0.15) is 21.5 Å². The first-order chi connectivity index (χ1) is 17.9. The Labute approximate surface area is 217 Å². The summed E-state index contributed by atoms with van der Waals surface area (Å²) in [6.07, 6.45) is 4.66. The van der Waals surface area contributed by atoms with Crippen molar-refractivity contribution in [2.45, 2.75) is 6.92 Å². The predicted octanol–water partition coefficient (Wildman–Crippen LogP) is 3.32. The number of hydrogen-bond acceptors (Lipinski definition) is 8. The lowest BCUT2D eigenvalue weighted by Crippen LogP contribution is -2.25. The quantitative estimate of drug-likeness (QED) is 0.309. The van der Waals surface area contributed by atoms with Gasteiger partial charge < -0.3 is 14.8 Å². The molecule has 10 nitrogen and oxygen atoms in total. The van der Waals surface area contributed by atoms with Crippen LogP contribution in [0.15, 0.2) is 77.0 Å². The van der Waals surface area contributed by atoms with E-state index >= 15 is 0 Å². The van der Waals surface area contributed by atoms with Crippen LogP contribution in [0.25, 0.3) is 6.08 Å². The van der Waals surface area contributed by atoms with Gasteiger partial charge in [-0.1, -0.05) is 24.3 Å². The Balaban J connectivity index is 1.38. The number of nitrogens with zero attached hydrogens (tertiary/aromatic N) is 2. The summed E-state index contributed by atoms with van der Waals surface area (Å²) < 4.78 is 11.1. The highest BCUT2D eigenvalue weighted by Crippen LogP contribution is 2.31. The number of rotatable bonds is 8. The van der Waals surface area contributed by atoms with Gasteiger partial charge in [0.2, 0.25) is 0 Å². The van der Waals surface area contributed by atoms with Crippen LogP contribution >= 0.6 is 11.8 Å². The van der Waals surface area contributed by atoms with Gasteiger partial charge >= 0.3 is 0 Å². The SMILES string of the molecule is COc1cc(/C=C2\SC(=NNC(=O)c3ccncc3)NC2=O)ccc1OCC(=O)Nc1ccccc1C. The second kappa shape index (κ2) is 11.9. The highest BCUT2D eigenvalue weighted by Gasteiger charge is 2.24. The summed E-state index contributed by atoms with van der Waals surface area (Å²) in [7, 11) is 1.49. The molecule has 3 N–H and O–H groups in total. The zero-order valence-electron chi connectivity index (χ0n) is 20.0. The molecular formula is C26H23N5O5S. The summed E-state index contributed by atoms with van der Waals surface area (Å²) in [5, 5.41) is 9.63. The molecule has 37 heavy (non-hydrogen) atoms. The van der Waals surface area contributed by atoms with E-state index in [4.69, 9.17) is 9.47 Å². The lowest BCUT2D eigenvalue weighted by Gasteiger charge is -2.12. The summed E-state index contributed by atoms with van der Waals surface area (Å²) in [6.45, 7) is 1.71. The fraction of sp³-hybridized carbons (Fsp3) is 0.115. The number of nitrogens with one attached hydrogen (secondary N) is 3. The van der Waals surface area contributed by atoms with Crippen molar-refractivity contribution in [1.82, 2.24) is 15.7 Å². The van der Waals surface area contributed by atoms with Gasteiger partial charge in [0.15, 0.2) is 23.3 Å². The average Bonchev–Trinajstić information content (AvgIpc) is 3.26. The Hall–Kier alpha value is -4.64. The maximum Gasteiger partial charge on any atom is 0.271 e. The number of hydrazone groups is 1. The van der Waals surface area contributed by atoms with Crippen molar-refractivity contribution in [2.75, 3.05) is 19.0 Å². The van der Waals surface area contributed by atoms with Gasteiger partial charge in [-0.05, 0) is 66.2 Å². The first-order valence-electron chi connectivity index (χ1n) is 11.1. The molecule has 0 radical (unpaired) electrons. The predicted molar refractivity (Wildman–Crippen MR) is 141 cm³/mol. The van der Waals surface area contributed by atoms with Crippen LogP contribution in [0.3, 0.4) is 0 Å². The molecule has 1 fully saturated rings. The number of benzene rings is 2. The van der Waals surface area contributed by atoms with E-state index in [0.717, 1.165) is 23.0 Å². The third kappa shape index (κ3) is 6.73. The molecule has 1 aliphatic rings. The molecule has 0 atom stereocenters. The van der Waals surface area contributed by atoms with Crippen LogP contribution in [-0.4, -0.2) is 41.6 Å². The van der Waals surface area contributed by atoms with Gasteiger partial charge in [0.25, 0.3) is 17.7 Å². The molecule has 0 aliphatic carbocycles. The number of thioether (sulfide) groups is 1. The maximum atomic E-state index is 12.4.